The zero-order valence-electron chi connectivity index (χ0n) is 20.2. The highest BCUT2D eigenvalue weighted by molar-refractivity contribution is 6.30. The lowest BCUT2D eigenvalue weighted by Crippen LogP contribution is -2.30. The summed E-state index contributed by atoms with van der Waals surface area (Å²) >= 11 is 5.88. The number of aromatic hydroxyl groups is 1. The Kier molecular flexibility index (Phi) is 9.83. The maximum absolute atomic E-state index is 12.2. The fraction of sp³-hybridized carbons (Fsp3) is 0.346. The first-order chi connectivity index (χ1) is 16.1. The van der Waals surface area contributed by atoms with E-state index < -0.39 is 11.7 Å². The van der Waals surface area contributed by atoms with Gasteiger partial charge in [0.15, 0.2) is 5.75 Å². The first kappa shape index (κ1) is 27.1. The zero-order chi connectivity index (χ0) is 25.4. The number of halogens is 1. The minimum atomic E-state index is -1.31. The smallest absolute Gasteiger partial charge is 0.340 e. The van der Waals surface area contributed by atoms with Crippen LogP contribution in [0.15, 0.2) is 42.5 Å². The summed E-state index contributed by atoms with van der Waals surface area (Å²) in [6.45, 7) is 13.8. The SMILES string of the molecule is CC(C)NC(=O)c1ccc2nc(-c3ccc(Cl)cc3)c(O)c(C(=O)O)c2c1.CCN(CC)CC. The minimum Gasteiger partial charge on any atom is -0.505 e. The van der Waals surface area contributed by atoms with E-state index in [-0.39, 0.29) is 28.6 Å². The number of amides is 1. The molecule has 3 N–H and O–H groups in total. The molecule has 0 atom stereocenters. The molecule has 3 rings (SSSR count). The number of rotatable bonds is 7. The van der Waals surface area contributed by atoms with Crippen molar-refractivity contribution in [3.63, 3.8) is 0 Å². The second-order valence-corrected chi connectivity index (χ2v) is 8.41. The van der Waals surface area contributed by atoms with Crippen molar-refractivity contribution in [2.24, 2.45) is 0 Å². The van der Waals surface area contributed by atoms with Crippen molar-refractivity contribution < 1.29 is 19.8 Å². The number of carbonyl (C=O) groups is 2. The summed E-state index contributed by atoms with van der Waals surface area (Å²) in [5, 5.41) is 23.7. The molecular weight excluding hydrogens is 454 g/mol. The third kappa shape index (κ3) is 6.68. The van der Waals surface area contributed by atoms with Gasteiger partial charge >= 0.3 is 5.97 Å². The predicted octanol–water partition coefficient (Wildman–Crippen LogP) is 5.45. The topological polar surface area (TPSA) is 103 Å². The summed E-state index contributed by atoms with van der Waals surface area (Å²) in [6.07, 6.45) is 0. The summed E-state index contributed by atoms with van der Waals surface area (Å²) in [5.41, 5.74) is 1.01. The number of fused-ring (bicyclic) bond motifs is 1. The molecule has 1 amide bonds. The van der Waals surface area contributed by atoms with Crippen LogP contribution in [0.3, 0.4) is 0 Å². The van der Waals surface area contributed by atoms with Crippen LogP contribution in [0.2, 0.25) is 5.02 Å². The zero-order valence-corrected chi connectivity index (χ0v) is 21.0. The summed E-state index contributed by atoms with van der Waals surface area (Å²) < 4.78 is 0. The van der Waals surface area contributed by atoms with Crippen molar-refractivity contribution >= 4 is 34.4 Å². The van der Waals surface area contributed by atoms with Crippen molar-refractivity contribution in [2.45, 2.75) is 40.7 Å². The molecule has 0 bridgehead atoms. The maximum atomic E-state index is 12.2. The van der Waals surface area contributed by atoms with Crippen molar-refractivity contribution in [3.05, 3.63) is 58.6 Å². The quantitative estimate of drug-likeness (QED) is 0.411. The molecule has 0 radical (unpaired) electrons. The van der Waals surface area contributed by atoms with Crippen LogP contribution < -0.4 is 5.32 Å². The largest absolute Gasteiger partial charge is 0.505 e. The van der Waals surface area contributed by atoms with Gasteiger partial charge in [-0.3, -0.25) is 4.79 Å². The molecule has 0 saturated carbocycles. The second kappa shape index (κ2) is 12.3. The van der Waals surface area contributed by atoms with Crippen LogP contribution >= 0.6 is 11.6 Å². The van der Waals surface area contributed by atoms with E-state index >= 15 is 0 Å². The van der Waals surface area contributed by atoms with E-state index in [4.69, 9.17) is 11.6 Å². The standard InChI is InChI=1S/C20H17ClN2O4.C6H15N/c1-10(2)22-19(25)12-5-8-15-14(9-12)16(20(26)27)18(24)17(23-15)11-3-6-13(21)7-4-11;1-4-7(5-2)6-3/h3-10,24H,1-2H3,(H,22,25)(H,26,27);4-6H2,1-3H3. The van der Waals surface area contributed by atoms with Crippen LogP contribution in [0.5, 0.6) is 5.75 Å². The average molecular weight is 486 g/mol. The van der Waals surface area contributed by atoms with E-state index in [1.54, 1.807) is 36.4 Å². The average Bonchev–Trinajstić information content (AvgIpc) is 2.80. The first-order valence-corrected chi connectivity index (χ1v) is 11.7. The maximum Gasteiger partial charge on any atom is 0.340 e. The molecule has 182 valence electrons. The minimum absolute atomic E-state index is 0.0639. The number of benzene rings is 2. The molecule has 1 aromatic heterocycles. The molecule has 0 spiro atoms. The van der Waals surface area contributed by atoms with Crippen LogP contribution in [0.25, 0.3) is 22.2 Å². The lowest BCUT2D eigenvalue weighted by Gasteiger charge is -2.13. The summed E-state index contributed by atoms with van der Waals surface area (Å²) in [5.74, 6) is -2.10. The summed E-state index contributed by atoms with van der Waals surface area (Å²) in [7, 11) is 0. The normalized spacial score (nSPS) is 10.8. The van der Waals surface area contributed by atoms with Gasteiger partial charge in [0, 0.05) is 27.6 Å². The highest BCUT2D eigenvalue weighted by Crippen LogP contribution is 2.36. The van der Waals surface area contributed by atoms with Gasteiger partial charge in [0.1, 0.15) is 11.3 Å². The third-order valence-corrected chi connectivity index (χ3v) is 5.57. The van der Waals surface area contributed by atoms with Gasteiger partial charge in [-0.15, -0.1) is 0 Å². The summed E-state index contributed by atoms with van der Waals surface area (Å²) in [4.78, 5) is 30.8. The predicted molar refractivity (Wildman–Crippen MR) is 137 cm³/mol. The summed E-state index contributed by atoms with van der Waals surface area (Å²) in [6, 6.07) is 11.0. The molecule has 0 fully saturated rings. The first-order valence-electron chi connectivity index (χ1n) is 11.3. The van der Waals surface area contributed by atoms with Crippen LogP contribution in [-0.4, -0.2) is 57.6 Å². The number of pyridine rings is 1. The Labute approximate surface area is 205 Å². The second-order valence-electron chi connectivity index (χ2n) is 7.98. The van der Waals surface area contributed by atoms with Gasteiger partial charge in [-0.1, -0.05) is 44.5 Å². The molecule has 2 aromatic carbocycles. The van der Waals surface area contributed by atoms with Crippen LogP contribution in [-0.2, 0) is 0 Å². The highest BCUT2D eigenvalue weighted by atomic mass is 35.5. The molecule has 3 aromatic rings. The highest BCUT2D eigenvalue weighted by Gasteiger charge is 2.22. The molecule has 0 aliphatic rings. The van der Waals surface area contributed by atoms with E-state index in [1.165, 1.54) is 25.7 Å². The number of aromatic carboxylic acids is 1. The number of carbonyl (C=O) groups excluding carboxylic acids is 1. The van der Waals surface area contributed by atoms with Gasteiger partial charge in [-0.25, -0.2) is 9.78 Å². The number of aromatic nitrogens is 1. The Morgan fingerprint density at radius 3 is 2.09 bits per heavy atom. The number of hydrogen-bond donors (Lipinski definition) is 3. The molecule has 34 heavy (non-hydrogen) atoms. The molecule has 8 heteroatoms. The van der Waals surface area contributed by atoms with Crippen LogP contribution in [0.4, 0.5) is 0 Å². The van der Waals surface area contributed by atoms with E-state index in [1.807, 2.05) is 13.8 Å². The van der Waals surface area contributed by atoms with E-state index in [9.17, 15) is 19.8 Å². The van der Waals surface area contributed by atoms with Gasteiger partial charge in [-0.05, 0) is 63.8 Å². The lowest BCUT2D eigenvalue weighted by molar-refractivity contribution is 0.0695. The molecule has 0 aliphatic carbocycles. The van der Waals surface area contributed by atoms with Crippen molar-refractivity contribution in [2.75, 3.05) is 19.6 Å². The molecule has 0 saturated heterocycles. The van der Waals surface area contributed by atoms with Crippen LogP contribution in [0.1, 0.15) is 55.3 Å². The molecule has 7 nitrogen and oxygen atoms in total. The van der Waals surface area contributed by atoms with Crippen LogP contribution in [0, 0.1) is 0 Å². The number of carboxylic acid groups (broad SMARTS) is 1. The number of nitrogens with zero attached hydrogens (tertiary/aromatic N) is 2. The fourth-order valence-corrected chi connectivity index (χ4v) is 3.56. The van der Waals surface area contributed by atoms with Crippen molar-refractivity contribution in [3.8, 4) is 17.0 Å². The van der Waals surface area contributed by atoms with Gasteiger partial charge < -0.3 is 20.4 Å². The van der Waals surface area contributed by atoms with E-state index in [0.717, 1.165) is 0 Å². The van der Waals surface area contributed by atoms with Crippen molar-refractivity contribution in [1.29, 1.82) is 0 Å². The molecule has 0 unspecified atom stereocenters. The van der Waals surface area contributed by atoms with Gasteiger partial charge in [0.25, 0.3) is 5.91 Å². The van der Waals surface area contributed by atoms with Crippen molar-refractivity contribution in [1.82, 2.24) is 15.2 Å². The number of nitrogens with one attached hydrogen (secondary N) is 1. The molecular formula is C26H32ClN3O4. The van der Waals surface area contributed by atoms with Gasteiger partial charge in [-0.2, -0.15) is 0 Å². The third-order valence-electron chi connectivity index (χ3n) is 5.31. The monoisotopic (exact) mass is 485 g/mol. The molecule has 1 heterocycles. The van der Waals surface area contributed by atoms with Gasteiger partial charge in [0.05, 0.1) is 5.52 Å². The van der Waals surface area contributed by atoms with E-state index in [0.29, 0.717) is 21.7 Å². The fourth-order valence-electron chi connectivity index (χ4n) is 3.44. The molecule has 0 aliphatic heterocycles. The lowest BCUT2D eigenvalue weighted by atomic mass is 10.0. The van der Waals surface area contributed by atoms with E-state index in [2.05, 4.69) is 36.0 Å². The number of carboxylic acids is 1. The Bertz CT molecular complexity index is 1140. The Morgan fingerprint density at radius 1 is 1.03 bits per heavy atom. The Balaban J connectivity index is 0.000000509. The number of hydrogen-bond acceptors (Lipinski definition) is 5. The van der Waals surface area contributed by atoms with Gasteiger partial charge in [0.2, 0.25) is 0 Å². The Morgan fingerprint density at radius 2 is 1.62 bits per heavy atom. The Hall–Kier alpha value is -3.16.